The average Bonchev–Trinajstić information content (AvgIpc) is 2.57. The zero-order valence-corrected chi connectivity index (χ0v) is 12.4. The second-order valence-corrected chi connectivity index (χ2v) is 5.64. The molecule has 0 aliphatic carbocycles. The molecule has 3 rings (SSSR count). The Bertz CT molecular complexity index is 533. The van der Waals surface area contributed by atoms with Crippen LogP contribution in [0.15, 0.2) is 60.7 Å². The van der Waals surface area contributed by atoms with Crippen LogP contribution in [0.25, 0.3) is 0 Å². The van der Waals surface area contributed by atoms with E-state index in [0.29, 0.717) is 0 Å². The normalized spacial score (nSPS) is 17.7. The van der Waals surface area contributed by atoms with Crippen LogP contribution in [-0.2, 0) is 0 Å². The van der Waals surface area contributed by atoms with E-state index < -0.39 is 0 Å². The molecule has 3 heteroatoms. The molecule has 0 saturated carbocycles. The summed E-state index contributed by atoms with van der Waals surface area (Å²) in [4.78, 5) is 4.92. The summed E-state index contributed by atoms with van der Waals surface area (Å²) < 4.78 is 0. The molecule has 1 heterocycles. The fourth-order valence-corrected chi connectivity index (χ4v) is 2.91. The molecule has 0 amide bonds. The van der Waals surface area contributed by atoms with Gasteiger partial charge in [0.05, 0.1) is 0 Å². The number of nitrogens with zero attached hydrogens (tertiary/aromatic N) is 2. The molecular weight excluding hydrogens is 258 g/mol. The Hall–Kier alpha value is -1.84. The van der Waals surface area contributed by atoms with Crippen molar-refractivity contribution in [1.82, 2.24) is 4.90 Å². The predicted molar refractivity (Wildman–Crippen MR) is 88.5 cm³/mol. The minimum Gasteiger partial charge on any atom is -0.369 e. The Morgan fingerprint density at radius 3 is 2.00 bits per heavy atom. The summed E-state index contributed by atoms with van der Waals surface area (Å²) in [5, 5.41) is 0. The van der Waals surface area contributed by atoms with Crippen LogP contribution in [0.3, 0.4) is 0 Å². The molecular formula is C18H23N3. The van der Waals surface area contributed by atoms with Gasteiger partial charge in [0.25, 0.3) is 0 Å². The first-order chi connectivity index (χ1) is 10.3. The minimum absolute atomic E-state index is 0.106. The molecule has 1 aliphatic rings. The average molecular weight is 281 g/mol. The van der Waals surface area contributed by atoms with Gasteiger partial charge in [-0.1, -0.05) is 48.5 Å². The number of anilines is 1. The smallest absolute Gasteiger partial charge is 0.0424 e. The second-order valence-electron chi connectivity index (χ2n) is 5.64. The topological polar surface area (TPSA) is 32.5 Å². The van der Waals surface area contributed by atoms with Crippen LogP contribution in [0.5, 0.6) is 0 Å². The van der Waals surface area contributed by atoms with Crippen LogP contribution >= 0.6 is 0 Å². The number of benzene rings is 2. The van der Waals surface area contributed by atoms with Gasteiger partial charge in [-0.3, -0.25) is 4.90 Å². The van der Waals surface area contributed by atoms with Gasteiger partial charge in [0.15, 0.2) is 0 Å². The lowest BCUT2D eigenvalue weighted by atomic mass is 10.1. The molecule has 110 valence electrons. The van der Waals surface area contributed by atoms with E-state index >= 15 is 0 Å². The fourth-order valence-electron chi connectivity index (χ4n) is 2.91. The molecule has 0 bridgehead atoms. The molecule has 2 aromatic carbocycles. The van der Waals surface area contributed by atoms with E-state index in [1.54, 1.807) is 0 Å². The Balaban J connectivity index is 1.52. The molecule has 0 aromatic heterocycles. The first-order valence-electron chi connectivity index (χ1n) is 7.66. The summed E-state index contributed by atoms with van der Waals surface area (Å²) in [6, 6.07) is 21.1. The van der Waals surface area contributed by atoms with Gasteiger partial charge in [0, 0.05) is 44.5 Å². The van der Waals surface area contributed by atoms with Crippen molar-refractivity contribution < 1.29 is 0 Å². The quantitative estimate of drug-likeness (QED) is 0.934. The summed E-state index contributed by atoms with van der Waals surface area (Å²) in [5.74, 6) is 0. The molecule has 2 N–H and O–H groups in total. The van der Waals surface area contributed by atoms with Gasteiger partial charge in [-0.05, 0) is 17.7 Å². The van der Waals surface area contributed by atoms with Gasteiger partial charge < -0.3 is 10.6 Å². The molecule has 0 unspecified atom stereocenters. The summed E-state index contributed by atoms with van der Waals surface area (Å²) in [6.07, 6.45) is 0. The maximum Gasteiger partial charge on any atom is 0.0424 e. The largest absolute Gasteiger partial charge is 0.369 e. The Morgan fingerprint density at radius 2 is 1.38 bits per heavy atom. The van der Waals surface area contributed by atoms with Crippen LogP contribution in [-0.4, -0.2) is 37.6 Å². The van der Waals surface area contributed by atoms with Crippen LogP contribution in [0.1, 0.15) is 11.6 Å². The molecule has 3 nitrogen and oxygen atoms in total. The van der Waals surface area contributed by atoms with E-state index in [1.165, 1.54) is 11.3 Å². The van der Waals surface area contributed by atoms with Gasteiger partial charge in [0.1, 0.15) is 0 Å². The van der Waals surface area contributed by atoms with Crippen molar-refractivity contribution in [3.8, 4) is 0 Å². The SMILES string of the molecule is N[C@H](CN1CCN(c2ccccc2)CC1)c1ccccc1. The van der Waals surface area contributed by atoms with Crippen molar-refractivity contribution >= 4 is 5.69 Å². The number of para-hydroxylation sites is 1. The number of hydrogen-bond donors (Lipinski definition) is 1. The van der Waals surface area contributed by atoms with E-state index in [0.717, 1.165) is 32.7 Å². The summed E-state index contributed by atoms with van der Waals surface area (Å²) in [6.45, 7) is 5.24. The van der Waals surface area contributed by atoms with Gasteiger partial charge in [0.2, 0.25) is 0 Å². The van der Waals surface area contributed by atoms with Crippen molar-refractivity contribution in [2.75, 3.05) is 37.6 Å². The highest BCUT2D eigenvalue weighted by molar-refractivity contribution is 5.46. The van der Waals surface area contributed by atoms with Crippen LogP contribution in [0.4, 0.5) is 5.69 Å². The van der Waals surface area contributed by atoms with E-state index in [9.17, 15) is 0 Å². The van der Waals surface area contributed by atoms with Gasteiger partial charge in [-0.2, -0.15) is 0 Å². The first-order valence-corrected chi connectivity index (χ1v) is 7.66. The van der Waals surface area contributed by atoms with Crippen LogP contribution < -0.4 is 10.6 Å². The molecule has 1 atom stereocenters. The third-order valence-electron chi connectivity index (χ3n) is 4.18. The lowest BCUT2D eigenvalue weighted by Crippen LogP contribution is -2.48. The third-order valence-corrected chi connectivity index (χ3v) is 4.18. The fraction of sp³-hybridized carbons (Fsp3) is 0.333. The number of nitrogens with two attached hydrogens (primary N) is 1. The van der Waals surface area contributed by atoms with Crippen LogP contribution in [0.2, 0.25) is 0 Å². The van der Waals surface area contributed by atoms with Gasteiger partial charge in [-0.25, -0.2) is 0 Å². The second kappa shape index (κ2) is 6.74. The van der Waals surface area contributed by atoms with Gasteiger partial charge in [-0.15, -0.1) is 0 Å². The van der Waals surface area contributed by atoms with E-state index in [4.69, 9.17) is 5.73 Å². The Kier molecular flexibility index (Phi) is 4.53. The zero-order chi connectivity index (χ0) is 14.5. The molecule has 1 fully saturated rings. The van der Waals surface area contributed by atoms with Crippen molar-refractivity contribution in [2.24, 2.45) is 5.73 Å². The van der Waals surface area contributed by atoms with Crippen molar-refractivity contribution in [3.05, 3.63) is 66.2 Å². The molecule has 21 heavy (non-hydrogen) atoms. The van der Waals surface area contributed by atoms with Crippen molar-refractivity contribution in [3.63, 3.8) is 0 Å². The highest BCUT2D eigenvalue weighted by atomic mass is 15.3. The van der Waals surface area contributed by atoms with E-state index in [2.05, 4.69) is 64.4 Å². The molecule has 2 aromatic rings. The van der Waals surface area contributed by atoms with E-state index in [1.807, 2.05) is 6.07 Å². The lowest BCUT2D eigenvalue weighted by Gasteiger charge is -2.37. The highest BCUT2D eigenvalue weighted by Gasteiger charge is 2.19. The van der Waals surface area contributed by atoms with Crippen molar-refractivity contribution in [2.45, 2.75) is 6.04 Å². The Labute approximate surface area is 127 Å². The minimum atomic E-state index is 0.106. The number of hydrogen-bond acceptors (Lipinski definition) is 3. The zero-order valence-electron chi connectivity index (χ0n) is 12.4. The number of piperazine rings is 1. The summed E-state index contributed by atoms with van der Waals surface area (Å²) in [7, 11) is 0. The summed E-state index contributed by atoms with van der Waals surface area (Å²) in [5.41, 5.74) is 8.86. The first kappa shape index (κ1) is 14.1. The predicted octanol–water partition coefficient (Wildman–Crippen LogP) is 2.51. The van der Waals surface area contributed by atoms with Crippen molar-refractivity contribution in [1.29, 1.82) is 0 Å². The maximum absolute atomic E-state index is 6.32. The monoisotopic (exact) mass is 281 g/mol. The maximum atomic E-state index is 6.32. The molecule has 0 spiro atoms. The van der Waals surface area contributed by atoms with Gasteiger partial charge >= 0.3 is 0 Å². The molecule has 1 saturated heterocycles. The number of rotatable bonds is 4. The third kappa shape index (κ3) is 3.63. The Morgan fingerprint density at radius 1 is 0.810 bits per heavy atom. The molecule has 0 radical (unpaired) electrons. The van der Waals surface area contributed by atoms with E-state index in [-0.39, 0.29) is 6.04 Å². The summed E-state index contributed by atoms with van der Waals surface area (Å²) >= 11 is 0. The molecule has 1 aliphatic heterocycles. The standard InChI is InChI=1S/C18H23N3/c19-18(16-7-3-1-4-8-16)15-20-11-13-21(14-12-20)17-9-5-2-6-10-17/h1-10,18H,11-15,19H2/t18-/m1/s1. The highest BCUT2D eigenvalue weighted by Crippen LogP contribution is 2.17. The lowest BCUT2D eigenvalue weighted by molar-refractivity contribution is 0.243. The van der Waals surface area contributed by atoms with Crippen LogP contribution in [0, 0.1) is 0 Å².